The number of rotatable bonds is 7. The van der Waals surface area contributed by atoms with Crippen molar-refractivity contribution in [3.8, 4) is 0 Å². The zero-order valence-corrected chi connectivity index (χ0v) is 18.6. The van der Waals surface area contributed by atoms with Gasteiger partial charge in [0.25, 0.3) is 0 Å². The minimum absolute atomic E-state index is 0.113. The number of allylic oxidation sites excluding steroid dienone is 6. The fraction of sp³-hybridized carbons (Fsp3) is 0.417. The normalized spacial score (nSPS) is 19.1. The summed E-state index contributed by atoms with van der Waals surface area (Å²) in [6.07, 6.45) is 13.9. The Kier molecular flexibility index (Phi) is 8.46. The van der Waals surface area contributed by atoms with Crippen molar-refractivity contribution in [2.24, 2.45) is 5.10 Å². The summed E-state index contributed by atoms with van der Waals surface area (Å²) in [6.45, 7) is 0.852. The standard InChI is InChI=1S/C24H30FN3OS/c1-28(2)15-7-12-23(29)26-27-24(20-10-6-11-21(25)16-20)30-22-14-13-18-8-4-3-5-9-19(18)17-22/h3-6,9-11,16,22H,7-8,12-15,17H2,1-2H3,(H,26,29)/b27-24-. The van der Waals surface area contributed by atoms with E-state index in [-0.39, 0.29) is 11.7 Å². The number of amides is 1. The molecule has 1 aromatic rings. The number of hydrogen-bond donors (Lipinski definition) is 1. The van der Waals surface area contributed by atoms with Crippen LogP contribution in [-0.2, 0) is 4.79 Å². The van der Waals surface area contributed by atoms with Crippen LogP contribution in [0.4, 0.5) is 4.39 Å². The van der Waals surface area contributed by atoms with Crippen molar-refractivity contribution in [1.29, 1.82) is 0 Å². The Hall–Kier alpha value is -2.18. The average Bonchev–Trinajstić information content (AvgIpc) is 2.95. The first-order valence-corrected chi connectivity index (χ1v) is 11.4. The largest absolute Gasteiger partial charge is 0.309 e. The predicted molar refractivity (Wildman–Crippen MR) is 124 cm³/mol. The first kappa shape index (κ1) is 22.5. The summed E-state index contributed by atoms with van der Waals surface area (Å²) in [7, 11) is 3.97. The van der Waals surface area contributed by atoms with Gasteiger partial charge in [-0.05, 0) is 70.5 Å². The lowest BCUT2D eigenvalue weighted by Gasteiger charge is -2.25. The molecule has 1 atom stereocenters. The van der Waals surface area contributed by atoms with Gasteiger partial charge in [-0.25, -0.2) is 9.82 Å². The second-order valence-electron chi connectivity index (χ2n) is 7.97. The Morgan fingerprint density at radius 2 is 2.20 bits per heavy atom. The molecule has 0 aliphatic heterocycles. The van der Waals surface area contributed by atoms with Crippen LogP contribution in [0.2, 0.25) is 0 Å². The molecular weight excluding hydrogens is 397 g/mol. The van der Waals surface area contributed by atoms with Crippen molar-refractivity contribution in [3.63, 3.8) is 0 Å². The fourth-order valence-electron chi connectivity index (χ4n) is 3.63. The molecule has 2 aliphatic rings. The number of thioether (sulfide) groups is 1. The monoisotopic (exact) mass is 427 g/mol. The van der Waals surface area contributed by atoms with Crippen molar-refractivity contribution < 1.29 is 9.18 Å². The quantitative estimate of drug-likeness (QED) is 0.376. The molecule has 3 rings (SSSR count). The minimum atomic E-state index is -0.301. The maximum absolute atomic E-state index is 13.8. The second kappa shape index (κ2) is 11.3. The molecule has 4 nitrogen and oxygen atoms in total. The van der Waals surface area contributed by atoms with Gasteiger partial charge < -0.3 is 4.90 Å². The van der Waals surface area contributed by atoms with Crippen molar-refractivity contribution in [2.75, 3.05) is 20.6 Å². The summed E-state index contributed by atoms with van der Waals surface area (Å²) < 4.78 is 13.8. The minimum Gasteiger partial charge on any atom is -0.309 e. The van der Waals surface area contributed by atoms with E-state index in [4.69, 9.17) is 0 Å². The highest BCUT2D eigenvalue weighted by Crippen LogP contribution is 2.37. The highest BCUT2D eigenvalue weighted by molar-refractivity contribution is 8.15. The van der Waals surface area contributed by atoms with E-state index in [9.17, 15) is 9.18 Å². The van der Waals surface area contributed by atoms with Crippen LogP contribution in [0.15, 0.2) is 64.8 Å². The number of halogens is 1. The summed E-state index contributed by atoms with van der Waals surface area (Å²) >= 11 is 1.63. The van der Waals surface area contributed by atoms with Gasteiger partial charge >= 0.3 is 0 Å². The topological polar surface area (TPSA) is 44.7 Å². The van der Waals surface area contributed by atoms with Crippen LogP contribution in [0.25, 0.3) is 0 Å². The lowest BCUT2D eigenvalue weighted by molar-refractivity contribution is -0.121. The van der Waals surface area contributed by atoms with E-state index >= 15 is 0 Å². The Balaban J connectivity index is 1.69. The van der Waals surface area contributed by atoms with Crippen molar-refractivity contribution in [2.45, 2.75) is 43.8 Å². The Labute approximate surface area is 183 Å². The van der Waals surface area contributed by atoms with Gasteiger partial charge in [0.15, 0.2) is 0 Å². The van der Waals surface area contributed by atoms with Crippen LogP contribution in [0.1, 0.15) is 44.1 Å². The van der Waals surface area contributed by atoms with Gasteiger partial charge in [0, 0.05) is 17.2 Å². The maximum atomic E-state index is 13.8. The van der Waals surface area contributed by atoms with Gasteiger partial charge in [-0.1, -0.05) is 42.0 Å². The SMILES string of the molecule is CN(C)CCCC(=O)N/N=C(\SC1CCC2=C(C=CC=CC2)C1)c1cccc(F)c1. The third-order valence-electron chi connectivity index (χ3n) is 5.22. The molecule has 0 radical (unpaired) electrons. The van der Waals surface area contributed by atoms with E-state index in [1.807, 2.05) is 25.1 Å². The lowest BCUT2D eigenvalue weighted by Crippen LogP contribution is -2.22. The molecule has 1 unspecified atom stereocenters. The van der Waals surface area contributed by atoms with Crippen molar-refractivity contribution in [3.05, 3.63) is 71.1 Å². The maximum Gasteiger partial charge on any atom is 0.240 e. The Bertz CT molecular complexity index is 873. The molecule has 0 heterocycles. The summed E-state index contributed by atoms with van der Waals surface area (Å²) in [5.41, 5.74) is 6.29. The highest BCUT2D eigenvalue weighted by Gasteiger charge is 2.23. The molecule has 1 aromatic carbocycles. The molecule has 30 heavy (non-hydrogen) atoms. The smallest absolute Gasteiger partial charge is 0.240 e. The number of benzene rings is 1. The van der Waals surface area contributed by atoms with Crippen LogP contribution >= 0.6 is 11.8 Å². The molecule has 1 amide bonds. The summed E-state index contributed by atoms with van der Waals surface area (Å²) in [5.74, 6) is -0.415. The van der Waals surface area contributed by atoms with E-state index in [2.05, 4.69) is 34.8 Å². The molecule has 6 heteroatoms. The molecule has 1 N–H and O–H groups in total. The Morgan fingerprint density at radius 1 is 1.33 bits per heavy atom. The average molecular weight is 428 g/mol. The molecule has 0 bridgehead atoms. The van der Waals surface area contributed by atoms with Crippen LogP contribution in [0, 0.1) is 5.82 Å². The van der Waals surface area contributed by atoms with Gasteiger partial charge in [-0.3, -0.25) is 4.79 Å². The highest BCUT2D eigenvalue weighted by atomic mass is 32.2. The first-order chi connectivity index (χ1) is 14.5. The summed E-state index contributed by atoms with van der Waals surface area (Å²) in [4.78, 5) is 14.3. The molecule has 0 saturated heterocycles. The van der Waals surface area contributed by atoms with Gasteiger partial charge in [-0.2, -0.15) is 5.10 Å². The van der Waals surface area contributed by atoms with E-state index in [1.54, 1.807) is 17.8 Å². The van der Waals surface area contributed by atoms with Crippen LogP contribution < -0.4 is 5.43 Å². The molecule has 160 valence electrons. The molecule has 0 fully saturated rings. The molecular formula is C24H30FN3OS. The van der Waals surface area contributed by atoms with E-state index < -0.39 is 0 Å². The number of hydrazone groups is 1. The molecule has 0 saturated carbocycles. The molecule has 2 aliphatic carbocycles. The van der Waals surface area contributed by atoms with Crippen molar-refractivity contribution in [1.82, 2.24) is 10.3 Å². The summed E-state index contributed by atoms with van der Waals surface area (Å²) in [5, 5.41) is 5.42. The Morgan fingerprint density at radius 3 is 3.00 bits per heavy atom. The van der Waals surface area contributed by atoms with E-state index in [1.165, 1.54) is 23.3 Å². The van der Waals surface area contributed by atoms with Gasteiger partial charge in [0.1, 0.15) is 10.9 Å². The number of carbonyl (C=O) groups is 1. The van der Waals surface area contributed by atoms with Gasteiger partial charge in [0.2, 0.25) is 5.91 Å². The van der Waals surface area contributed by atoms with Crippen molar-refractivity contribution >= 4 is 22.7 Å². The first-order valence-electron chi connectivity index (χ1n) is 10.5. The number of hydrogen-bond acceptors (Lipinski definition) is 4. The zero-order chi connectivity index (χ0) is 21.3. The van der Waals surface area contributed by atoms with Gasteiger partial charge in [0.05, 0.1) is 0 Å². The van der Waals surface area contributed by atoms with Crippen LogP contribution in [0.3, 0.4) is 0 Å². The lowest BCUT2D eigenvalue weighted by atomic mass is 9.90. The van der Waals surface area contributed by atoms with E-state index in [0.29, 0.717) is 22.3 Å². The van der Waals surface area contributed by atoms with Crippen LogP contribution in [-0.4, -0.2) is 41.7 Å². The fourth-order valence-corrected chi connectivity index (χ4v) is 4.81. The zero-order valence-electron chi connectivity index (χ0n) is 17.7. The number of nitrogens with zero attached hydrogens (tertiary/aromatic N) is 2. The predicted octanol–water partition coefficient (Wildman–Crippen LogP) is 5.04. The molecule has 0 aromatic heterocycles. The second-order valence-corrected chi connectivity index (χ2v) is 9.26. The van der Waals surface area contributed by atoms with E-state index in [0.717, 1.165) is 38.6 Å². The van der Waals surface area contributed by atoms with Crippen LogP contribution in [0.5, 0.6) is 0 Å². The third-order valence-corrected chi connectivity index (χ3v) is 6.51. The third kappa shape index (κ3) is 6.96. The number of nitrogens with one attached hydrogen (secondary N) is 1. The molecule has 0 spiro atoms. The van der Waals surface area contributed by atoms with Gasteiger partial charge in [-0.15, -0.1) is 11.8 Å². The number of carbonyl (C=O) groups excluding carboxylic acids is 1. The summed E-state index contributed by atoms with van der Waals surface area (Å²) in [6, 6.07) is 6.43.